The van der Waals surface area contributed by atoms with E-state index in [0.717, 1.165) is 0 Å². The van der Waals surface area contributed by atoms with Crippen molar-refractivity contribution < 1.29 is 29.1 Å². The molecular formula is C23H40N8O6. The number of rotatable bonds is 18. The van der Waals surface area contributed by atoms with Gasteiger partial charge < -0.3 is 43.2 Å². The molecule has 208 valence electrons. The first kappa shape index (κ1) is 31.5. The van der Waals surface area contributed by atoms with E-state index < -0.39 is 53.8 Å². The average molecular weight is 525 g/mol. The average Bonchev–Trinajstić information content (AvgIpc) is 3.36. The number of nitrogens with zero attached hydrogens (tertiary/aromatic N) is 1. The van der Waals surface area contributed by atoms with Crippen LogP contribution < -0.4 is 33.2 Å². The highest BCUT2D eigenvalue weighted by atomic mass is 16.4. The Morgan fingerprint density at radius 1 is 1.03 bits per heavy atom. The van der Waals surface area contributed by atoms with Gasteiger partial charge in [0.1, 0.15) is 18.1 Å². The van der Waals surface area contributed by atoms with Crippen LogP contribution in [0.5, 0.6) is 0 Å². The van der Waals surface area contributed by atoms with Crippen LogP contribution in [0.15, 0.2) is 12.5 Å². The molecule has 14 nitrogen and oxygen atoms in total. The van der Waals surface area contributed by atoms with E-state index in [9.17, 15) is 29.1 Å². The standard InChI is InChI=1S/C23H40N8O6/c1-3-13(2)19(22(35)30-17(23(36)37)7-8-18(26)32)31-21(34)16(6-4-5-9-24)29-20(33)15(25)10-14-11-27-12-28-14/h11-13,15-17,19H,3-10,24-25H2,1-2H3,(H2,26,32)(H,27,28)(H,29,33)(H,30,35)(H,31,34)(H,36,37). The number of primary amides is 1. The van der Waals surface area contributed by atoms with Gasteiger partial charge in [0.2, 0.25) is 23.6 Å². The molecule has 1 aromatic rings. The normalized spacial score (nSPS) is 15.0. The zero-order valence-electron chi connectivity index (χ0n) is 21.4. The van der Waals surface area contributed by atoms with Crippen LogP contribution in [0.2, 0.25) is 0 Å². The molecule has 5 atom stereocenters. The van der Waals surface area contributed by atoms with E-state index in [1.807, 2.05) is 6.92 Å². The third-order valence-corrected chi connectivity index (χ3v) is 6.00. The molecule has 0 fully saturated rings. The highest BCUT2D eigenvalue weighted by Crippen LogP contribution is 2.11. The topological polar surface area (TPSA) is 248 Å². The number of unbranched alkanes of at least 4 members (excludes halogenated alkanes) is 1. The van der Waals surface area contributed by atoms with E-state index in [1.165, 1.54) is 6.33 Å². The van der Waals surface area contributed by atoms with Gasteiger partial charge in [-0.3, -0.25) is 19.2 Å². The number of carboxylic acid groups (broad SMARTS) is 1. The van der Waals surface area contributed by atoms with Gasteiger partial charge in [-0.2, -0.15) is 0 Å². The number of amides is 4. The minimum atomic E-state index is -1.36. The number of hydrogen-bond acceptors (Lipinski definition) is 8. The lowest BCUT2D eigenvalue weighted by Gasteiger charge is -2.28. The number of aromatic nitrogens is 2. The van der Waals surface area contributed by atoms with Gasteiger partial charge in [-0.1, -0.05) is 20.3 Å². The molecule has 1 rings (SSSR count). The first-order valence-electron chi connectivity index (χ1n) is 12.3. The Kier molecular flexibility index (Phi) is 13.9. The van der Waals surface area contributed by atoms with E-state index in [1.54, 1.807) is 13.1 Å². The summed E-state index contributed by atoms with van der Waals surface area (Å²) in [5.74, 6) is -4.27. The predicted molar refractivity (Wildman–Crippen MR) is 134 cm³/mol. The number of aromatic amines is 1. The molecule has 11 N–H and O–H groups in total. The van der Waals surface area contributed by atoms with E-state index in [-0.39, 0.29) is 31.6 Å². The SMILES string of the molecule is CCC(C)C(NC(=O)C(CCCCN)NC(=O)C(N)Cc1cnc[nH]1)C(=O)NC(CCC(N)=O)C(=O)O. The summed E-state index contributed by atoms with van der Waals surface area (Å²) in [4.78, 5) is 68.3. The Labute approximate surface area is 215 Å². The Morgan fingerprint density at radius 3 is 2.24 bits per heavy atom. The molecule has 0 saturated carbocycles. The molecule has 4 amide bonds. The maximum absolute atomic E-state index is 13.2. The number of H-pyrrole nitrogens is 1. The third-order valence-electron chi connectivity index (χ3n) is 6.00. The summed E-state index contributed by atoms with van der Waals surface area (Å²) < 4.78 is 0. The maximum Gasteiger partial charge on any atom is 0.326 e. The van der Waals surface area contributed by atoms with Crippen LogP contribution in [0, 0.1) is 5.92 Å². The number of nitrogens with two attached hydrogens (primary N) is 3. The fraction of sp³-hybridized carbons (Fsp3) is 0.652. The largest absolute Gasteiger partial charge is 0.480 e. The van der Waals surface area contributed by atoms with Crippen LogP contribution >= 0.6 is 0 Å². The lowest BCUT2D eigenvalue weighted by Crippen LogP contribution is -2.58. The minimum Gasteiger partial charge on any atom is -0.480 e. The highest BCUT2D eigenvalue weighted by Gasteiger charge is 2.32. The second kappa shape index (κ2) is 16.3. The van der Waals surface area contributed by atoms with Gasteiger partial charge in [-0.05, 0) is 38.1 Å². The van der Waals surface area contributed by atoms with Crippen molar-refractivity contribution in [1.82, 2.24) is 25.9 Å². The minimum absolute atomic E-state index is 0.183. The molecule has 0 spiro atoms. The van der Waals surface area contributed by atoms with Crippen molar-refractivity contribution in [3.8, 4) is 0 Å². The summed E-state index contributed by atoms with van der Waals surface area (Å²) in [5.41, 5.74) is 17.3. The van der Waals surface area contributed by atoms with Crippen molar-refractivity contribution in [3.63, 3.8) is 0 Å². The summed E-state index contributed by atoms with van der Waals surface area (Å²) >= 11 is 0. The predicted octanol–water partition coefficient (Wildman–Crippen LogP) is -1.74. The quantitative estimate of drug-likeness (QED) is 0.101. The van der Waals surface area contributed by atoms with Gasteiger partial charge >= 0.3 is 5.97 Å². The van der Waals surface area contributed by atoms with Crippen LogP contribution in [0.3, 0.4) is 0 Å². The molecule has 37 heavy (non-hydrogen) atoms. The molecule has 1 aromatic heterocycles. The second-order valence-electron chi connectivity index (χ2n) is 9.01. The number of carbonyl (C=O) groups is 5. The number of carboxylic acids is 1. The Morgan fingerprint density at radius 2 is 1.70 bits per heavy atom. The Hall–Kier alpha value is -3.52. The lowest BCUT2D eigenvalue weighted by atomic mass is 9.96. The molecule has 0 aliphatic heterocycles. The molecule has 0 aliphatic rings. The number of aliphatic carboxylic acids is 1. The zero-order chi connectivity index (χ0) is 28.0. The van der Waals surface area contributed by atoms with Gasteiger partial charge in [0.05, 0.1) is 12.4 Å². The van der Waals surface area contributed by atoms with E-state index in [2.05, 4.69) is 25.9 Å². The van der Waals surface area contributed by atoms with Crippen LogP contribution in [0.4, 0.5) is 0 Å². The smallest absolute Gasteiger partial charge is 0.326 e. The summed E-state index contributed by atoms with van der Waals surface area (Å²) in [5, 5.41) is 17.1. The van der Waals surface area contributed by atoms with Crippen molar-refractivity contribution in [2.45, 2.75) is 83.0 Å². The van der Waals surface area contributed by atoms with Gasteiger partial charge in [0.25, 0.3) is 0 Å². The van der Waals surface area contributed by atoms with Crippen molar-refractivity contribution in [1.29, 1.82) is 0 Å². The van der Waals surface area contributed by atoms with E-state index >= 15 is 0 Å². The van der Waals surface area contributed by atoms with Crippen molar-refractivity contribution in [2.24, 2.45) is 23.1 Å². The van der Waals surface area contributed by atoms with Crippen molar-refractivity contribution in [2.75, 3.05) is 6.54 Å². The molecule has 1 heterocycles. The number of carbonyl (C=O) groups excluding carboxylic acids is 4. The first-order chi connectivity index (χ1) is 17.5. The van der Waals surface area contributed by atoms with Gasteiger partial charge in [-0.15, -0.1) is 0 Å². The van der Waals surface area contributed by atoms with Crippen LogP contribution in [0.1, 0.15) is 58.1 Å². The zero-order valence-corrected chi connectivity index (χ0v) is 21.4. The molecule has 0 radical (unpaired) electrons. The fourth-order valence-electron chi connectivity index (χ4n) is 3.53. The fourth-order valence-corrected chi connectivity index (χ4v) is 3.53. The van der Waals surface area contributed by atoms with E-state index in [4.69, 9.17) is 17.2 Å². The molecule has 5 unspecified atom stereocenters. The summed E-state index contributed by atoms with van der Waals surface area (Å²) in [6.07, 6.45) is 4.69. The number of imidazole rings is 1. The maximum atomic E-state index is 13.2. The molecule has 0 aromatic carbocycles. The highest BCUT2D eigenvalue weighted by molar-refractivity contribution is 5.94. The van der Waals surface area contributed by atoms with Gasteiger partial charge in [0, 0.05) is 24.7 Å². The second-order valence-corrected chi connectivity index (χ2v) is 9.01. The molecule has 0 aliphatic carbocycles. The van der Waals surface area contributed by atoms with Crippen LogP contribution in [0.25, 0.3) is 0 Å². The summed E-state index contributed by atoms with van der Waals surface area (Å²) in [6, 6.07) is -4.37. The summed E-state index contributed by atoms with van der Waals surface area (Å²) in [6.45, 7) is 3.95. The number of nitrogens with one attached hydrogen (secondary N) is 4. The Bertz CT molecular complexity index is 894. The molecule has 0 bridgehead atoms. The Balaban J connectivity index is 2.97. The summed E-state index contributed by atoms with van der Waals surface area (Å²) in [7, 11) is 0. The molecule has 0 saturated heterocycles. The molecule has 14 heteroatoms. The van der Waals surface area contributed by atoms with Gasteiger partial charge in [0.15, 0.2) is 0 Å². The van der Waals surface area contributed by atoms with Crippen LogP contribution in [-0.4, -0.2) is 75.4 Å². The lowest BCUT2D eigenvalue weighted by molar-refractivity contribution is -0.143. The molecular weight excluding hydrogens is 484 g/mol. The number of hydrogen-bond donors (Lipinski definition) is 8. The van der Waals surface area contributed by atoms with Crippen LogP contribution in [-0.2, 0) is 30.4 Å². The van der Waals surface area contributed by atoms with E-state index in [0.29, 0.717) is 31.5 Å². The monoisotopic (exact) mass is 524 g/mol. The van der Waals surface area contributed by atoms with Crippen molar-refractivity contribution in [3.05, 3.63) is 18.2 Å². The van der Waals surface area contributed by atoms with Gasteiger partial charge in [-0.25, -0.2) is 9.78 Å². The third kappa shape index (κ3) is 11.4. The first-order valence-corrected chi connectivity index (χ1v) is 12.3. The van der Waals surface area contributed by atoms with Crippen molar-refractivity contribution >= 4 is 29.6 Å².